The second-order valence-electron chi connectivity index (χ2n) is 1.12. The average molecular weight is 114 g/mol. The molecule has 0 heterocycles. The molecule has 44 valence electrons. The van der Waals surface area contributed by atoms with E-state index in [1.165, 1.54) is 6.08 Å². The van der Waals surface area contributed by atoms with Gasteiger partial charge in [-0.05, 0) is 12.7 Å². The van der Waals surface area contributed by atoms with Crippen LogP contribution < -0.4 is 5.73 Å². The Balaban J connectivity index is 3.94. The maximum atomic E-state index is 11.6. The van der Waals surface area contributed by atoms with Crippen molar-refractivity contribution in [2.45, 2.75) is 0 Å². The molecule has 0 saturated heterocycles. The first kappa shape index (κ1) is 6.88. The molecule has 0 unspecified atom stereocenters. The van der Waals surface area contributed by atoms with Gasteiger partial charge in [0.15, 0.2) is 0 Å². The number of nitrogens with zero attached hydrogens (tertiary/aromatic N) is 1. The fourth-order valence-corrected chi connectivity index (χ4v) is 0.186. The van der Waals surface area contributed by atoms with E-state index in [1.807, 2.05) is 0 Å². The van der Waals surface area contributed by atoms with Gasteiger partial charge >= 0.3 is 0 Å². The Morgan fingerprint density at radius 2 is 2.25 bits per heavy atom. The van der Waals surface area contributed by atoms with Gasteiger partial charge in [0.1, 0.15) is 5.84 Å². The van der Waals surface area contributed by atoms with Crippen LogP contribution >= 0.6 is 0 Å². The standard InChI is InChI=1S/C5H7FN2/c1-3-5(7)8-4(2)6/h3H,1-2H2,(H2,7,8). The van der Waals surface area contributed by atoms with E-state index in [2.05, 4.69) is 18.2 Å². The molecule has 0 saturated carbocycles. The fraction of sp³-hybridized carbons (Fsp3) is 0. The monoisotopic (exact) mass is 114 g/mol. The van der Waals surface area contributed by atoms with Crippen molar-refractivity contribution in [1.29, 1.82) is 0 Å². The molecule has 0 aromatic heterocycles. The minimum Gasteiger partial charge on any atom is -0.384 e. The summed E-state index contributed by atoms with van der Waals surface area (Å²) in [4.78, 5) is 3.11. The van der Waals surface area contributed by atoms with Crippen molar-refractivity contribution in [3.8, 4) is 0 Å². The number of aliphatic imine (C=N–C) groups is 1. The molecule has 3 heteroatoms. The highest BCUT2D eigenvalue weighted by atomic mass is 19.1. The molecule has 0 aliphatic heterocycles. The Kier molecular flexibility index (Phi) is 2.54. The van der Waals surface area contributed by atoms with Gasteiger partial charge in [0.2, 0.25) is 5.95 Å². The van der Waals surface area contributed by atoms with Crippen LogP contribution in [0.3, 0.4) is 0 Å². The molecule has 0 bridgehead atoms. The van der Waals surface area contributed by atoms with Crippen LogP contribution in [0.25, 0.3) is 0 Å². The highest BCUT2D eigenvalue weighted by molar-refractivity contribution is 5.91. The number of nitrogens with two attached hydrogens (primary N) is 1. The third-order valence-corrected chi connectivity index (χ3v) is 0.460. The molecule has 0 radical (unpaired) electrons. The first-order valence-electron chi connectivity index (χ1n) is 1.98. The lowest BCUT2D eigenvalue weighted by molar-refractivity contribution is 0.633. The molecule has 0 aromatic rings. The van der Waals surface area contributed by atoms with E-state index >= 15 is 0 Å². The third-order valence-electron chi connectivity index (χ3n) is 0.460. The molecule has 0 atom stereocenters. The van der Waals surface area contributed by atoms with Gasteiger partial charge in [0, 0.05) is 0 Å². The van der Waals surface area contributed by atoms with Crippen LogP contribution in [0.15, 0.2) is 30.2 Å². The minimum atomic E-state index is -0.803. The van der Waals surface area contributed by atoms with Gasteiger partial charge in [0.05, 0.1) is 0 Å². The second-order valence-corrected chi connectivity index (χ2v) is 1.12. The smallest absolute Gasteiger partial charge is 0.207 e. The van der Waals surface area contributed by atoms with Crippen molar-refractivity contribution >= 4 is 5.84 Å². The van der Waals surface area contributed by atoms with E-state index in [0.717, 1.165) is 0 Å². The van der Waals surface area contributed by atoms with Crippen LogP contribution in [0.1, 0.15) is 0 Å². The van der Waals surface area contributed by atoms with E-state index in [-0.39, 0.29) is 5.84 Å². The summed E-state index contributed by atoms with van der Waals surface area (Å²) in [6.45, 7) is 6.11. The normalized spacial score (nSPS) is 10.9. The van der Waals surface area contributed by atoms with Crippen molar-refractivity contribution in [2.75, 3.05) is 0 Å². The quantitative estimate of drug-likeness (QED) is 0.324. The summed E-state index contributed by atoms with van der Waals surface area (Å²) in [6, 6.07) is 0. The zero-order chi connectivity index (χ0) is 6.57. The predicted molar refractivity (Wildman–Crippen MR) is 32.1 cm³/mol. The van der Waals surface area contributed by atoms with Gasteiger partial charge in [-0.3, -0.25) is 0 Å². The van der Waals surface area contributed by atoms with Crippen LogP contribution in [0.5, 0.6) is 0 Å². The second kappa shape index (κ2) is 2.96. The van der Waals surface area contributed by atoms with Gasteiger partial charge < -0.3 is 5.73 Å². The summed E-state index contributed by atoms with van der Waals surface area (Å²) in [5, 5.41) is 0. The molecule has 0 aromatic carbocycles. The first-order chi connectivity index (χ1) is 3.66. The predicted octanol–water partition coefficient (Wildman–Crippen LogP) is 0.970. The molecular weight excluding hydrogens is 107 g/mol. The van der Waals surface area contributed by atoms with Crippen molar-refractivity contribution in [3.05, 3.63) is 25.2 Å². The lowest BCUT2D eigenvalue weighted by Gasteiger charge is -1.84. The van der Waals surface area contributed by atoms with Crippen molar-refractivity contribution in [2.24, 2.45) is 10.7 Å². The number of hydrogen-bond acceptors (Lipinski definition) is 1. The van der Waals surface area contributed by atoms with Crippen molar-refractivity contribution in [3.63, 3.8) is 0 Å². The van der Waals surface area contributed by atoms with Gasteiger partial charge in [-0.2, -0.15) is 4.39 Å². The molecule has 8 heavy (non-hydrogen) atoms. The Bertz CT molecular complexity index is 137. The largest absolute Gasteiger partial charge is 0.384 e. The average Bonchev–Trinajstić information content (AvgIpc) is 1.65. The molecule has 0 aliphatic carbocycles. The topological polar surface area (TPSA) is 38.4 Å². The van der Waals surface area contributed by atoms with Gasteiger partial charge in [0.25, 0.3) is 0 Å². The van der Waals surface area contributed by atoms with Crippen LogP contribution in [0.2, 0.25) is 0 Å². The zero-order valence-electron chi connectivity index (χ0n) is 4.39. The zero-order valence-corrected chi connectivity index (χ0v) is 4.39. The molecule has 0 spiro atoms. The maximum Gasteiger partial charge on any atom is 0.207 e. The summed E-state index contributed by atoms with van der Waals surface area (Å²) in [7, 11) is 0. The highest BCUT2D eigenvalue weighted by Gasteiger charge is 1.82. The van der Waals surface area contributed by atoms with Crippen LogP contribution in [0, 0.1) is 0 Å². The number of rotatable bonds is 2. The summed E-state index contributed by atoms with van der Waals surface area (Å²) in [6.07, 6.45) is 1.24. The van der Waals surface area contributed by atoms with E-state index in [4.69, 9.17) is 5.73 Å². The fourth-order valence-electron chi connectivity index (χ4n) is 0.186. The van der Waals surface area contributed by atoms with Gasteiger partial charge in [-0.15, -0.1) is 0 Å². The summed E-state index contributed by atoms with van der Waals surface area (Å²) >= 11 is 0. The molecule has 0 aliphatic rings. The Morgan fingerprint density at radius 3 is 2.38 bits per heavy atom. The molecule has 0 amide bonds. The van der Waals surface area contributed by atoms with Crippen LogP contribution in [0.4, 0.5) is 4.39 Å². The van der Waals surface area contributed by atoms with E-state index in [0.29, 0.717) is 0 Å². The lowest BCUT2D eigenvalue weighted by Crippen LogP contribution is -2.06. The van der Waals surface area contributed by atoms with Crippen molar-refractivity contribution in [1.82, 2.24) is 0 Å². The van der Waals surface area contributed by atoms with E-state index in [9.17, 15) is 4.39 Å². The highest BCUT2D eigenvalue weighted by Crippen LogP contribution is 1.90. The summed E-state index contributed by atoms with van der Waals surface area (Å²) in [5.41, 5.74) is 5.00. The van der Waals surface area contributed by atoms with Gasteiger partial charge in [-0.1, -0.05) is 6.58 Å². The van der Waals surface area contributed by atoms with Crippen LogP contribution in [-0.4, -0.2) is 5.84 Å². The first-order valence-corrected chi connectivity index (χ1v) is 1.98. The minimum absolute atomic E-state index is 0.0394. The molecule has 2 N–H and O–H groups in total. The molecule has 0 fully saturated rings. The Hall–Kier alpha value is -1.12. The van der Waals surface area contributed by atoms with E-state index < -0.39 is 5.95 Å². The molecule has 2 nitrogen and oxygen atoms in total. The number of amidine groups is 1. The Labute approximate surface area is 47.2 Å². The third kappa shape index (κ3) is 3.08. The summed E-state index contributed by atoms with van der Waals surface area (Å²) < 4.78 is 11.6. The molecule has 0 rings (SSSR count). The SMILES string of the molecule is C=C/C(N)=N\C(=C)F. The Morgan fingerprint density at radius 1 is 1.75 bits per heavy atom. The number of hydrogen-bond donors (Lipinski definition) is 1. The van der Waals surface area contributed by atoms with E-state index in [1.54, 1.807) is 0 Å². The van der Waals surface area contributed by atoms with Gasteiger partial charge in [-0.25, -0.2) is 4.99 Å². The lowest BCUT2D eigenvalue weighted by atomic mass is 10.6. The maximum absolute atomic E-state index is 11.6. The summed E-state index contributed by atoms with van der Waals surface area (Å²) in [5.74, 6) is -0.764. The molecular formula is C5H7FN2. The van der Waals surface area contributed by atoms with Crippen molar-refractivity contribution < 1.29 is 4.39 Å². The number of halogens is 1. The van der Waals surface area contributed by atoms with Crippen LogP contribution in [-0.2, 0) is 0 Å².